The molecule has 0 fully saturated rings. The van der Waals surface area contributed by atoms with E-state index in [1.54, 1.807) is 0 Å². The van der Waals surface area contributed by atoms with E-state index >= 15 is 0 Å². The fourth-order valence-corrected chi connectivity index (χ4v) is 1.59. The summed E-state index contributed by atoms with van der Waals surface area (Å²) in [6, 6.07) is 9.72. The monoisotopic (exact) mass is 220 g/mol. The summed E-state index contributed by atoms with van der Waals surface area (Å²) in [6.07, 6.45) is 3.26. The summed E-state index contributed by atoms with van der Waals surface area (Å²) < 4.78 is 0. The van der Waals surface area contributed by atoms with E-state index in [9.17, 15) is 0 Å². The summed E-state index contributed by atoms with van der Waals surface area (Å²) in [5.41, 5.74) is 1.74. The smallest absolute Gasteiger partial charge is 0.0992 e. The van der Waals surface area contributed by atoms with Crippen LogP contribution in [-0.2, 0) is 0 Å². The zero-order valence-electron chi connectivity index (χ0n) is 9.16. The van der Waals surface area contributed by atoms with Crippen molar-refractivity contribution in [3.8, 4) is 6.07 Å². The molecule has 1 atom stereocenters. The van der Waals surface area contributed by atoms with Gasteiger partial charge in [-0.2, -0.15) is 17.0 Å². The van der Waals surface area contributed by atoms with Gasteiger partial charge in [-0.1, -0.05) is 13.0 Å². The molecule has 1 rings (SSSR count). The Bertz CT molecular complexity index is 344. The van der Waals surface area contributed by atoms with E-state index in [-0.39, 0.29) is 0 Å². The lowest BCUT2D eigenvalue weighted by Crippen LogP contribution is -2.07. The van der Waals surface area contributed by atoms with E-state index in [1.807, 2.05) is 36.0 Å². The van der Waals surface area contributed by atoms with Gasteiger partial charge >= 0.3 is 0 Å². The molecule has 0 heterocycles. The minimum absolute atomic E-state index is 0.677. The highest BCUT2D eigenvalue weighted by molar-refractivity contribution is 7.99. The molecule has 0 amide bonds. The van der Waals surface area contributed by atoms with Gasteiger partial charge in [0.1, 0.15) is 0 Å². The van der Waals surface area contributed by atoms with Crippen LogP contribution in [0.4, 0.5) is 5.69 Å². The fraction of sp³-hybridized carbons (Fsp3) is 0.417. The van der Waals surface area contributed by atoms with Gasteiger partial charge in [0.05, 0.1) is 11.6 Å². The van der Waals surface area contributed by atoms with Crippen molar-refractivity contribution in [3.63, 3.8) is 0 Å². The first-order chi connectivity index (χ1) is 7.26. The molecule has 0 aliphatic rings. The second-order valence-corrected chi connectivity index (χ2v) is 4.73. The molecular weight excluding hydrogens is 204 g/mol. The molecule has 0 saturated heterocycles. The summed E-state index contributed by atoms with van der Waals surface area (Å²) in [7, 11) is 0. The third-order valence-electron chi connectivity index (χ3n) is 2.27. The Morgan fingerprint density at radius 2 is 2.33 bits per heavy atom. The number of rotatable bonds is 5. The zero-order valence-corrected chi connectivity index (χ0v) is 9.97. The highest BCUT2D eigenvalue weighted by Gasteiger charge is 1.99. The molecule has 1 unspecified atom stereocenters. The van der Waals surface area contributed by atoms with Gasteiger partial charge in [-0.15, -0.1) is 0 Å². The Hall–Kier alpha value is -1.14. The third kappa shape index (κ3) is 4.26. The number of nitrogens with one attached hydrogen (secondary N) is 1. The molecule has 1 aromatic rings. The maximum absolute atomic E-state index is 8.73. The van der Waals surface area contributed by atoms with Gasteiger partial charge in [-0.25, -0.2) is 0 Å². The molecule has 0 aromatic heterocycles. The van der Waals surface area contributed by atoms with Crippen LogP contribution in [0.1, 0.15) is 18.9 Å². The molecular formula is C12H16N2S. The average molecular weight is 220 g/mol. The molecule has 0 aliphatic carbocycles. The van der Waals surface area contributed by atoms with Crippen LogP contribution in [0.15, 0.2) is 24.3 Å². The Labute approximate surface area is 95.7 Å². The number of nitriles is 1. The Morgan fingerprint density at radius 3 is 3.00 bits per heavy atom. The van der Waals surface area contributed by atoms with Crippen molar-refractivity contribution in [1.82, 2.24) is 0 Å². The maximum Gasteiger partial charge on any atom is 0.0992 e. The second kappa shape index (κ2) is 6.36. The molecule has 1 aromatic carbocycles. The van der Waals surface area contributed by atoms with Crippen LogP contribution in [0.3, 0.4) is 0 Å². The minimum Gasteiger partial charge on any atom is -0.385 e. The lowest BCUT2D eigenvalue weighted by molar-refractivity contribution is 0.854. The van der Waals surface area contributed by atoms with Gasteiger partial charge in [-0.3, -0.25) is 0 Å². The Kier molecular flexibility index (Phi) is 5.06. The van der Waals surface area contributed by atoms with E-state index in [2.05, 4.69) is 24.6 Å². The number of hydrogen-bond donors (Lipinski definition) is 1. The fourth-order valence-electron chi connectivity index (χ4n) is 1.24. The Balaban J connectivity index is 2.41. The molecule has 80 valence electrons. The van der Waals surface area contributed by atoms with Crippen molar-refractivity contribution in [1.29, 1.82) is 5.26 Å². The number of hydrogen-bond acceptors (Lipinski definition) is 3. The molecule has 3 heteroatoms. The highest BCUT2D eigenvalue weighted by atomic mass is 32.2. The van der Waals surface area contributed by atoms with E-state index in [4.69, 9.17) is 5.26 Å². The van der Waals surface area contributed by atoms with Gasteiger partial charge in [-0.05, 0) is 30.9 Å². The number of benzene rings is 1. The normalized spacial score (nSPS) is 11.8. The predicted molar refractivity (Wildman–Crippen MR) is 67.2 cm³/mol. The van der Waals surface area contributed by atoms with Crippen LogP contribution in [0, 0.1) is 11.3 Å². The van der Waals surface area contributed by atoms with Crippen LogP contribution in [0.5, 0.6) is 0 Å². The van der Waals surface area contributed by atoms with E-state index in [0.29, 0.717) is 10.8 Å². The lowest BCUT2D eigenvalue weighted by atomic mass is 10.2. The van der Waals surface area contributed by atoms with Crippen LogP contribution in [-0.4, -0.2) is 18.1 Å². The highest BCUT2D eigenvalue weighted by Crippen LogP contribution is 2.12. The molecule has 2 nitrogen and oxygen atoms in total. The van der Waals surface area contributed by atoms with Crippen molar-refractivity contribution in [2.24, 2.45) is 0 Å². The largest absolute Gasteiger partial charge is 0.385 e. The van der Waals surface area contributed by atoms with Crippen molar-refractivity contribution >= 4 is 17.4 Å². The molecule has 0 bridgehead atoms. The van der Waals surface area contributed by atoms with Crippen molar-refractivity contribution in [2.75, 3.05) is 18.1 Å². The third-order valence-corrected chi connectivity index (χ3v) is 3.31. The van der Waals surface area contributed by atoms with E-state index < -0.39 is 0 Å². The zero-order chi connectivity index (χ0) is 11.1. The van der Waals surface area contributed by atoms with Gasteiger partial charge < -0.3 is 5.32 Å². The summed E-state index contributed by atoms with van der Waals surface area (Å²) >= 11 is 1.88. The van der Waals surface area contributed by atoms with Gasteiger partial charge in [0.25, 0.3) is 0 Å². The first kappa shape index (κ1) is 11.9. The quantitative estimate of drug-likeness (QED) is 0.828. The SMILES string of the molecule is CSC(C)CCNc1cccc(C#N)c1. The molecule has 0 aliphatic heterocycles. The minimum atomic E-state index is 0.677. The van der Waals surface area contributed by atoms with Crippen LogP contribution >= 0.6 is 11.8 Å². The van der Waals surface area contributed by atoms with Crippen molar-refractivity contribution < 1.29 is 0 Å². The topological polar surface area (TPSA) is 35.8 Å². The van der Waals surface area contributed by atoms with Crippen LogP contribution in [0.25, 0.3) is 0 Å². The Morgan fingerprint density at radius 1 is 1.53 bits per heavy atom. The second-order valence-electron chi connectivity index (χ2n) is 3.45. The summed E-state index contributed by atoms with van der Waals surface area (Å²) in [6.45, 7) is 3.18. The number of anilines is 1. The molecule has 15 heavy (non-hydrogen) atoms. The number of thioether (sulfide) groups is 1. The van der Waals surface area contributed by atoms with Crippen molar-refractivity contribution in [3.05, 3.63) is 29.8 Å². The average Bonchev–Trinajstić information content (AvgIpc) is 2.29. The van der Waals surface area contributed by atoms with Crippen LogP contribution in [0.2, 0.25) is 0 Å². The predicted octanol–water partition coefficient (Wildman–Crippen LogP) is 3.11. The summed E-state index contributed by atoms with van der Waals surface area (Å²) in [4.78, 5) is 0. The molecule has 1 N–H and O–H groups in total. The standard InChI is InChI=1S/C12H16N2S/c1-10(15-2)6-7-14-12-5-3-4-11(8-12)9-13/h3-5,8,10,14H,6-7H2,1-2H3. The molecule has 0 saturated carbocycles. The van der Waals surface area contributed by atoms with Gasteiger partial charge in [0.15, 0.2) is 0 Å². The van der Waals surface area contributed by atoms with Gasteiger partial charge in [0.2, 0.25) is 0 Å². The first-order valence-corrected chi connectivity index (χ1v) is 6.32. The molecule has 0 spiro atoms. The summed E-state index contributed by atoms with van der Waals surface area (Å²) in [5, 5.41) is 12.7. The first-order valence-electron chi connectivity index (χ1n) is 5.03. The summed E-state index contributed by atoms with van der Waals surface area (Å²) in [5.74, 6) is 0. The van der Waals surface area contributed by atoms with Crippen molar-refractivity contribution in [2.45, 2.75) is 18.6 Å². The molecule has 0 radical (unpaired) electrons. The number of nitrogens with zero attached hydrogens (tertiary/aromatic N) is 1. The lowest BCUT2D eigenvalue weighted by Gasteiger charge is -2.10. The van der Waals surface area contributed by atoms with Crippen LogP contribution < -0.4 is 5.32 Å². The maximum atomic E-state index is 8.73. The van der Waals surface area contributed by atoms with Gasteiger partial charge in [0, 0.05) is 17.5 Å². The van der Waals surface area contributed by atoms with E-state index in [1.165, 1.54) is 0 Å². The van der Waals surface area contributed by atoms with E-state index in [0.717, 1.165) is 18.7 Å².